The minimum atomic E-state index is 0.337. The smallest absolute Gasteiger partial charge is 0.137 e. The first-order valence-electron chi connectivity index (χ1n) is 5.62. The molecule has 0 aliphatic rings. The van der Waals surface area contributed by atoms with E-state index in [1.165, 1.54) is 0 Å². The first-order valence-corrected chi connectivity index (χ1v) is 7.13. The molecule has 0 unspecified atom stereocenters. The monoisotopic (exact) mass is 342 g/mol. The summed E-state index contributed by atoms with van der Waals surface area (Å²) < 4.78 is 0. The van der Waals surface area contributed by atoms with Gasteiger partial charge in [-0.3, -0.25) is 0 Å². The molecule has 0 aliphatic carbocycles. The van der Waals surface area contributed by atoms with Gasteiger partial charge >= 0.3 is 0 Å². The minimum Gasteiger partial charge on any atom is -0.244 e. The van der Waals surface area contributed by atoms with Gasteiger partial charge in [0, 0.05) is 28.8 Å². The zero-order valence-corrected chi connectivity index (χ0v) is 12.9. The van der Waals surface area contributed by atoms with Crippen molar-refractivity contribution in [2.45, 2.75) is 0 Å². The van der Waals surface area contributed by atoms with Crippen molar-refractivity contribution in [2.75, 3.05) is 0 Å². The van der Waals surface area contributed by atoms with Gasteiger partial charge in [0.2, 0.25) is 0 Å². The molecular weight excluding hydrogens is 338 g/mol. The maximum absolute atomic E-state index is 6.24. The van der Waals surface area contributed by atoms with E-state index in [0.29, 0.717) is 31.4 Å². The molecule has 20 heavy (non-hydrogen) atoms. The molecule has 0 spiro atoms. The number of halogens is 4. The third-order valence-electron chi connectivity index (χ3n) is 2.86. The fraction of sp³-hybridized carbons (Fsp3) is 0. The van der Waals surface area contributed by atoms with Gasteiger partial charge in [0.25, 0.3) is 0 Å². The molecule has 3 rings (SSSR count). The second-order valence-corrected chi connectivity index (χ2v) is 5.66. The van der Waals surface area contributed by atoms with Crippen molar-refractivity contribution < 1.29 is 0 Å². The Hall–Kier alpha value is -1.06. The number of hydrogen-bond acceptors (Lipinski definition) is 2. The van der Waals surface area contributed by atoms with Crippen LogP contribution in [0.3, 0.4) is 0 Å². The summed E-state index contributed by atoms with van der Waals surface area (Å²) in [6.45, 7) is 0. The van der Waals surface area contributed by atoms with Crippen LogP contribution in [-0.2, 0) is 0 Å². The van der Waals surface area contributed by atoms with Gasteiger partial charge in [0.05, 0.1) is 15.6 Å². The molecule has 0 amide bonds. The van der Waals surface area contributed by atoms with Gasteiger partial charge < -0.3 is 0 Å². The van der Waals surface area contributed by atoms with E-state index in [9.17, 15) is 0 Å². The molecule has 2 aromatic heterocycles. The maximum Gasteiger partial charge on any atom is 0.137 e. The lowest BCUT2D eigenvalue weighted by atomic mass is 10.1. The van der Waals surface area contributed by atoms with Crippen LogP contribution in [0, 0.1) is 0 Å². The Morgan fingerprint density at radius 1 is 0.900 bits per heavy atom. The highest BCUT2D eigenvalue weighted by Gasteiger charge is 2.12. The van der Waals surface area contributed by atoms with E-state index < -0.39 is 0 Å². The molecule has 2 heterocycles. The number of nitrogens with zero attached hydrogens (tertiary/aromatic N) is 2. The van der Waals surface area contributed by atoms with E-state index in [1.807, 2.05) is 18.2 Å². The van der Waals surface area contributed by atoms with Crippen molar-refractivity contribution in [3.63, 3.8) is 0 Å². The van der Waals surface area contributed by atoms with Crippen LogP contribution < -0.4 is 0 Å². The van der Waals surface area contributed by atoms with Crippen LogP contribution in [0.4, 0.5) is 0 Å². The lowest BCUT2D eigenvalue weighted by Crippen LogP contribution is -1.88. The topological polar surface area (TPSA) is 25.8 Å². The summed E-state index contributed by atoms with van der Waals surface area (Å²) in [5.41, 5.74) is 2.11. The molecule has 0 saturated carbocycles. The summed E-state index contributed by atoms with van der Waals surface area (Å²) in [4.78, 5) is 8.36. The van der Waals surface area contributed by atoms with Gasteiger partial charge in [-0.15, -0.1) is 0 Å². The zero-order valence-electron chi connectivity index (χ0n) is 9.87. The van der Waals surface area contributed by atoms with Crippen molar-refractivity contribution in [1.29, 1.82) is 0 Å². The Labute approximate surface area is 135 Å². The van der Waals surface area contributed by atoms with E-state index in [2.05, 4.69) is 9.97 Å². The lowest BCUT2D eigenvalue weighted by Gasteiger charge is -2.09. The van der Waals surface area contributed by atoms with Crippen molar-refractivity contribution in [3.05, 3.63) is 56.9 Å². The first kappa shape index (κ1) is 13.9. The molecule has 0 radical (unpaired) electrons. The van der Waals surface area contributed by atoms with Crippen LogP contribution in [0.15, 0.2) is 36.5 Å². The van der Waals surface area contributed by atoms with Gasteiger partial charge in [-0.1, -0.05) is 58.5 Å². The third kappa shape index (κ3) is 2.45. The molecule has 0 atom stereocenters. The number of pyridine rings is 2. The molecule has 0 fully saturated rings. The highest BCUT2D eigenvalue weighted by Crippen LogP contribution is 2.37. The normalized spacial score (nSPS) is 11.0. The van der Waals surface area contributed by atoms with Crippen molar-refractivity contribution in [3.8, 4) is 11.1 Å². The Balaban J connectivity index is 2.29. The Bertz CT molecular complexity index is 818. The molecule has 2 nitrogen and oxygen atoms in total. The van der Waals surface area contributed by atoms with Crippen LogP contribution in [0.2, 0.25) is 20.4 Å². The molecule has 0 N–H and O–H groups in total. The van der Waals surface area contributed by atoms with E-state index >= 15 is 0 Å². The average Bonchev–Trinajstić information content (AvgIpc) is 2.41. The number of fused-ring (bicyclic) bond motifs is 1. The summed E-state index contributed by atoms with van der Waals surface area (Å²) >= 11 is 24.3. The second kappa shape index (κ2) is 5.38. The van der Waals surface area contributed by atoms with E-state index in [-0.39, 0.29) is 0 Å². The molecule has 0 saturated heterocycles. The van der Waals surface area contributed by atoms with Gasteiger partial charge in [-0.05, 0) is 12.1 Å². The van der Waals surface area contributed by atoms with Crippen molar-refractivity contribution in [1.82, 2.24) is 9.97 Å². The van der Waals surface area contributed by atoms with Crippen LogP contribution >= 0.6 is 46.4 Å². The Kier molecular flexibility index (Phi) is 3.74. The molecule has 3 aromatic rings. The fourth-order valence-electron chi connectivity index (χ4n) is 1.92. The summed E-state index contributed by atoms with van der Waals surface area (Å²) in [7, 11) is 0. The molecule has 6 heteroatoms. The van der Waals surface area contributed by atoms with Crippen LogP contribution in [0.25, 0.3) is 22.0 Å². The molecule has 0 aliphatic heterocycles. The summed E-state index contributed by atoms with van der Waals surface area (Å²) in [5.74, 6) is 0. The van der Waals surface area contributed by atoms with Crippen molar-refractivity contribution >= 4 is 57.3 Å². The van der Waals surface area contributed by atoms with Gasteiger partial charge in [-0.25, -0.2) is 9.97 Å². The predicted molar refractivity (Wildman–Crippen MR) is 85.0 cm³/mol. The van der Waals surface area contributed by atoms with Gasteiger partial charge in [0.1, 0.15) is 10.3 Å². The van der Waals surface area contributed by atoms with Gasteiger partial charge in [0.15, 0.2) is 0 Å². The molecule has 100 valence electrons. The number of hydrogen-bond donors (Lipinski definition) is 0. The quantitative estimate of drug-likeness (QED) is 0.513. The Morgan fingerprint density at radius 3 is 2.50 bits per heavy atom. The number of aromatic nitrogens is 2. The van der Waals surface area contributed by atoms with Gasteiger partial charge in [-0.2, -0.15) is 0 Å². The zero-order chi connectivity index (χ0) is 14.3. The lowest BCUT2D eigenvalue weighted by molar-refractivity contribution is 1.32. The first-order chi connectivity index (χ1) is 9.56. The predicted octanol–water partition coefficient (Wildman–Crippen LogP) is 5.91. The highest BCUT2D eigenvalue weighted by atomic mass is 35.5. The van der Waals surface area contributed by atoms with E-state index in [0.717, 1.165) is 10.9 Å². The summed E-state index contributed by atoms with van der Waals surface area (Å²) in [6.07, 6.45) is 1.64. The van der Waals surface area contributed by atoms with Crippen LogP contribution in [0.5, 0.6) is 0 Å². The summed E-state index contributed by atoms with van der Waals surface area (Å²) in [6, 6.07) is 8.89. The van der Waals surface area contributed by atoms with Crippen molar-refractivity contribution in [2.24, 2.45) is 0 Å². The summed E-state index contributed by atoms with van der Waals surface area (Å²) in [5, 5.41) is 2.44. The van der Waals surface area contributed by atoms with E-state index in [4.69, 9.17) is 46.4 Å². The van der Waals surface area contributed by atoms with Crippen LogP contribution in [-0.4, -0.2) is 9.97 Å². The van der Waals surface area contributed by atoms with E-state index in [1.54, 1.807) is 18.3 Å². The second-order valence-electron chi connectivity index (χ2n) is 4.13. The Morgan fingerprint density at radius 2 is 1.70 bits per heavy atom. The third-order valence-corrected chi connectivity index (χ3v) is 4.17. The minimum absolute atomic E-state index is 0.337. The van der Waals surface area contributed by atoms with Crippen LogP contribution in [0.1, 0.15) is 0 Å². The highest BCUT2D eigenvalue weighted by molar-refractivity contribution is 6.44. The molecular formula is C14H6Cl4N2. The standard InChI is InChI=1S/C14H6Cl4N2/c15-10-3-1-2-8(13(10)17)9-4-7-6-19-12(16)5-11(7)20-14(9)18/h1-6H. The SMILES string of the molecule is Clc1cc2nc(Cl)c(-c3cccc(Cl)c3Cl)cc2cn1. The number of rotatable bonds is 1. The fourth-order valence-corrected chi connectivity index (χ4v) is 2.72. The largest absolute Gasteiger partial charge is 0.244 e. The number of benzene rings is 1. The molecule has 1 aromatic carbocycles. The maximum atomic E-state index is 6.24. The molecule has 0 bridgehead atoms. The average molecular weight is 344 g/mol.